The molecular weight excluding hydrogens is 741 g/mol. The standard InChI is InChI=1S/C54H36N2S2/c1-3-13-36(14-4-1)41-19-11-20-46-47-21-12-23-49(54(47)58-53(41)46)55(40-30-32-45-44-18-8-10-24-51(44)57-52(45)34-40)39-28-25-35(26-29-39)37-27-31-43-42-17-7-9-22-48(42)56(50(43)33-37)38-15-5-2-6-16-38/h1-15,17-34,38H,16H2. The Morgan fingerprint density at radius 3 is 2.00 bits per heavy atom. The second-order valence-corrected chi connectivity index (χ2v) is 17.3. The van der Waals surface area contributed by atoms with Crippen LogP contribution in [-0.4, -0.2) is 4.57 Å². The highest BCUT2D eigenvalue weighted by molar-refractivity contribution is 7.27. The van der Waals surface area contributed by atoms with Crippen molar-refractivity contribution in [3.05, 3.63) is 200 Å². The minimum absolute atomic E-state index is 0.289. The summed E-state index contributed by atoms with van der Waals surface area (Å²) < 4.78 is 7.74. The summed E-state index contributed by atoms with van der Waals surface area (Å²) >= 11 is 3.77. The largest absolute Gasteiger partial charge is 0.333 e. The van der Waals surface area contributed by atoms with Crippen molar-refractivity contribution in [2.24, 2.45) is 0 Å². The van der Waals surface area contributed by atoms with Crippen LogP contribution in [0.5, 0.6) is 0 Å². The summed E-state index contributed by atoms with van der Waals surface area (Å²) in [7, 11) is 0. The molecule has 4 heteroatoms. The lowest BCUT2D eigenvalue weighted by atomic mass is 10.0. The molecule has 8 aromatic carbocycles. The van der Waals surface area contributed by atoms with Crippen LogP contribution in [0.25, 0.3) is 84.4 Å². The van der Waals surface area contributed by atoms with E-state index >= 15 is 0 Å². The smallest absolute Gasteiger partial charge is 0.0640 e. The number of benzene rings is 8. The van der Waals surface area contributed by atoms with E-state index in [0.717, 1.165) is 17.8 Å². The minimum atomic E-state index is 0.289. The third-order valence-electron chi connectivity index (χ3n) is 11.9. The maximum atomic E-state index is 2.53. The summed E-state index contributed by atoms with van der Waals surface area (Å²) in [6.45, 7) is 0. The average Bonchev–Trinajstić information content (AvgIpc) is 3.97. The summed E-state index contributed by atoms with van der Waals surface area (Å²) in [6, 6.07) is 65.5. The molecule has 1 aliphatic carbocycles. The van der Waals surface area contributed by atoms with Crippen LogP contribution < -0.4 is 4.90 Å². The predicted octanol–water partition coefficient (Wildman–Crippen LogP) is 16.4. The normalized spacial score (nSPS) is 14.2. The van der Waals surface area contributed by atoms with Gasteiger partial charge in [0.05, 0.1) is 21.9 Å². The number of thiophene rings is 2. The van der Waals surface area contributed by atoms with Crippen LogP contribution in [-0.2, 0) is 0 Å². The van der Waals surface area contributed by atoms with Crippen molar-refractivity contribution in [1.29, 1.82) is 0 Å². The molecule has 12 rings (SSSR count). The molecule has 0 aliphatic heterocycles. The van der Waals surface area contributed by atoms with E-state index in [4.69, 9.17) is 0 Å². The highest BCUT2D eigenvalue weighted by Crippen LogP contribution is 2.48. The third-order valence-corrected chi connectivity index (χ3v) is 14.3. The molecule has 2 nitrogen and oxygen atoms in total. The Morgan fingerprint density at radius 2 is 1.14 bits per heavy atom. The Hall–Kier alpha value is -6.72. The molecular formula is C54H36N2S2. The van der Waals surface area contributed by atoms with Gasteiger partial charge in [-0.1, -0.05) is 152 Å². The number of hydrogen-bond donors (Lipinski definition) is 0. The first-order valence-electron chi connectivity index (χ1n) is 19.9. The molecule has 0 bridgehead atoms. The zero-order valence-corrected chi connectivity index (χ0v) is 33.2. The second kappa shape index (κ2) is 13.5. The van der Waals surface area contributed by atoms with Crippen LogP contribution in [0, 0.1) is 0 Å². The van der Waals surface area contributed by atoms with Gasteiger partial charge in [-0.15, -0.1) is 22.7 Å². The molecule has 274 valence electrons. The molecule has 0 N–H and O–H groups in total. The molecule has 0 saturated heterocycles. The molecule has 0 saturated carbocycles. The van der Waals surface area contributed by atoms with Crippen molar-refractivity contribution in [3.63, 3.8) is 0 Å². The van der Waals surface area contributed by atoms with E-state index in [2.05, 4.69) is 210 Å². The van der Waals surface area contributed by atoms with E-state index in [1.807, 2.05) is 22.7 Å². The predicted molar refractivity (Wildman–Crippen MR) is 253 cm³/mol. The van der Waals surface area contributed by atoms with E-state index in [1.165, 1.54) is 90.1 Å². The Bertz CT molecular complexity index is 3430. The minimum Gasteiger partial charge on any atom is -0.333 e. The van der Waals surface area contributed by atoms with Crippen LogP contribution in [0.15, 0.2) is 200 Å². The van der Waals surface area contributed by atoms with Crippen molar-refractivity contribution in [1.82, 2.24) is 4.57 Å². The quantitative estimate of drug-likeness (QED) is 0.163. The van der Waals surface area contributed by atoms with Gasteiger partial charge in [-0.05, 0) is 77.2 Å². The molecule has 1 atom stereocenters. The van der Waals surface area contributed by atoms with E-state index in [9.17, 15) is 0 Å². The van der Waals surface area contributed by atoms with Crippen molar-refractivity contribution in [2.45, 2.75) is 12.5 Å². The van der Waals surface area contributed by atoms with Crippen molar-refractivity contribution in [3.8, 4) is 22.3 Å². The first-order valence-corrected chi connectivity index (χ1v) is 21.6. The number of nitrogens with zero attached hydrogens (tertiary/aromatic N) is 2. The average molecular weight is 777 g/mol. The van der Waals surface area contributed by atoms with Crippen LogP contribution in [0.2, 0.25) is 0 Å². The monoisotopic (exact) mass is 776 g/mol. The second-order valence-electron chi connectivity index (χ2n) is 15.2. The van der Waals surface area contributed by atoms with Crippen LogP contribution in [0.1, 0.15) is 12.5 Å². The summed E-state index contributed by atoms with van der Waals surface area (Å²) in [6.07, 6.45) is 9.94. The number of allylic oxidation sites excluding steroid dienone is 4. The Balaban J connectivity index is 1.02. The molecule has 0 spiro atoms. The number of aromatic nitrogens is 1. The highest BCUT2D eigenvalue weighted by Gasteiger charge is 2.21. The summed E-state index contributed by atoms with van der Waals surface area (Å²) in [5, 5.41) is 7.81. The number of hydrogen-bond acceptors (Lipinski definition) is 3. The van der Waals surface area contributed by atoms with Gasteiger partial charge in [-0.25, -0.2) is 0 Å². The maximum absolute atomic E-state index is 2.53. The van der Waals surface area contributed by atoms with Gasteiger partial charge in [0.1, 0.15) is 0 Å². The lowest BCUT2D eigenvalue weighted by Crippen LogP contribution is -2.10. The van der Waals surface area contributed by atoms with Gasteiger partial charge >= 0.3 is 0 Å². The van der Waals surface area contributed by atoms with Crippen LogP contribution >= 0.6 is 22.7 Å². The SMILES string of the molecule is C1=CCC(n2c3ccccc3c3ccc(-c4ccc(N(c5ccc6c(c5)sc5ccccc56)c5cccc6c5sc5c(-c7ccccc7)cccc56)cc4)cc32)C=C1. The Kier molecular flexibility index (Phi) is 7.75. The van der Waals surface area contributed by atoms with Gasteiger partial charge < -0.3 is 9.47 Å². The first kappa shape index (κ1) is 33.4. The lowest BCUT2D eigenvalue weighted by molar-refractivity contribution is 0.648. The number of rotatable bonds is 6. The molecule has 0 radical (unpaired) electrons. The molecule has 0 amide bonds. The van der Waals surface area contributed by atoms with E-state index in [0.29, 0.717) is 0 Å². The molecule has 0 fully saturated rings. The van der Waals surface area contributed by atoms with E-state index in [1.54, 1.807) is 0 Å². The molecule has 1 unspecified atom stereocenters. The maximum Gasteiger partial charge on any atom is 0.0640 e. The number of para-hydroxylation sites is 1. The zero-order valence-electron chi connectivity index (χ0n) is 31.5. The molecule has 3 aromatic heterocycles. The van der Waals surface area contributed by atoms with Gasteiger partial charge in [0.25, 0.3) is 0 Å². The summed E-state index contributed by atoms with van der Waals surface area (Å²) in [5.41, 5.74) is 11.0. The zero-order chi connectivity index (χ0) is 38.2. The first-order chi connectivity index (χ1) is 28.8. The fourth-order valence-electron chi connectivity index (χ4n) is 9.21. The van der Waals surface area contributed by atoms with Crippen molar-refractivity contribution >= 4 is 102 Å². The van der Waals surface area contributed by atoms with Crippen molar-refractivity contribution < 1.29 is 0 Å². The number of anilines is 3. The Morgan fingerprint density at radius 1 is 0.448 bits per heavy atom. The Labute approximate surface area is 344 Å². The molecule has 11 aromatic rings. The topological polar surface area (TPSA) is 8.17 Å². The van der Waals surface area contributed by atoms with E-state index in [-0.39, 0.29) is 6.04 Å². The lowest BCUT2D eigenvalue weighted by Gasteiger charge is -2.26. The fraction of sp³-hybridized carbons (Fsp3) is 0.0370. The van der Waals surface area contributed by atoms with Crippen LogP contribution in [0.4, 0.5) is 17.1 Å². The van der Waals surface area contributed by atoms with Gasteiger partial charge in [0.15, 0.2) is 0 Å². The van der Waals surface area contributed by atoms with Crippen molar-refractivity contribution in [2.75, 3.05) is 4.90 Å². The summed E-state index contributed by atoms with van der Waals surface area (Å²) in [4.78, 5) is 2.47. The van der Waals surface area contributed by atoms with Gasteiger partial charge in [-0.2, -0.15) is 0 Å². The highest BCUT2D eigenvalue weighted by atomic mass is 32.1. The van der Waals surface area contributed by atoms with E-state index < -0.39 is 0 Å². The molecule has 58 heavy (non-hydrogen) atoms. The molecule has 1 aliphatic rings. The number of fused-ring (bicyclic) bond motifs is 9. The summed E-state index contributed by atoms with van der Waals surface area (Å²) in [5.74, 6) is 0. The third kappa shape index (κ3) is 5.30. The van der Waals surface area contributed by atoms with Crippen LogP contribution in [0.3, 0.4) is 0 Å². The van der Waals surface area contributed by atoms with Gasteiger partial charge in [0, 0.05) is 63.3 Å². The fourth-order valence-corrected chi connectivity index (χ4v) is 11.7. The molecule has 3 heterocycles. The van der Waals surface area contributed by atoms with Gasteiger partial charge in [-0.3, -0.25) is 0 Å². The van der Waals surface area contributed by atoms with Gasteiger partial charge in [0.2, 0.25) is 0 Å².